The minimum Gasteiger partial charge on any atom is -0.480 e. The zero-order chi connectivity index (χ0) is 14.5. The van der Waals surface area contributed by atoms with E-state index in [4.69, 9.17) is 5.11 Å². The molecule has 0 saturated heterocycles. The van der Waals surface area contributed by atoms with Crippen molar-refractivity contribution < 1.29 is 19.5 Å². The van der Waals surface area contributed by atoms with Crippen LogP contribution in [0.2, 0.25) is 0 Å². The molecule has 0 unspecified atom stereocenters. The minimum absolute atomic E-state index is 0.171. The Hall–Kier alpha value is -1.79. The Balaban J connectivity index is 4.37. The number of likely N-dealkylation sites (N-methyl/N-ethyl adjacent to an activating group) is 1. The number of carbonyl (C=O) groups is 3. The summed E-state index contributed by atoms with van der Waals surface area (Å²) in [6.45, 7) is 4.94. The normalized spacial score (nSPS) is 12.5. The lowest BCUT2D eigenvalue weighted by molar-refractivity contribution is -0.141. The van der Waals surface area contributed by atoms with Gasteiger partial charge in [-0.1, -0.05) is 20.8 Å². The van der Waals surface area contributed by atoms with Gasteiger partial charge in [0.05, 0.1) is 6.54 Å². The molecule has 7 nitrogen and oxygen atoms in total. The van der Waals surface area contributed by atoms with Gasteiger partial charge in [0.15, 0.2) is 0 Å². The zero-order valence-electron chi connectivity index (χ0n) is 11.4. The first-order valence-electron chi connectivity index (χ1n) is 5.53. The average molecular weight is 259 g/mol. The van der Waals surface area contributed by atoms with Crippen molar-refractivity contribution in [3.05, 3.63) is 0 Å². The van der Waals surface area contributed by atoms with Crippen LogP contribution in [-0.2, 0) is 9.59 Å². The van der Waals surface area contributed by atoms with Crippen molar-refractivity contribution in [1.29, 1.82) is 0 Å². The SMILES string of the molecule is CN(C)C(=O)CNC(=O)N[C@@H](C(=O)O)C(C)(C)C. The summed E-state index contributed by atoms with van der Waals surface area (Å²) >= 11 is 0. The Labute approximate surface area is 107 Å². The molecule has 3 amide bonds. The van der Waals surface area contributed by atoms with Gasteiger partial charge in [-0.2, -0.15) is 0 Å². The lowest BCUT2D eigenvalue weighted by Gasteiger charge is -2.27. The summed E-state index contributed by atoms with van der Waals surface area (Å²) < 4.78 is 0. The van der Waals surface area contributed by atoms with Crippen LogP contribution in [-0.4, -0.2) is 54.6 Å². The van der Waals surface area contributed by atoms with Crippen LogP contribution in [0.15, 0.2) is 0 Å². The van der Waals surface area contributed by atoms with Crippen LogP contribution in [0.4, 0.5) is 4.79 Å². The van der Waals surface area contributed by atoms with Crippen molar-refractivity contribution in [2.24, 2.45) is 5.41 Å². The van der Waals surface area contributed by atoms with Crippen molar-refractivity contribution in [1.82, 2.24) is 15.5 Å². The van der Waals surface area contributed by atoms with E-state index in [9.17, 15) is 14.4 Å². The molecule has 104 valence electrons. The van der Waals surface area contributed by atoms with Crippen LogP contribution in [0.1, 0.15) is 20.8 Å². The lowest BCUT2D eigenvalue weighted by atomic mass is 9.87. The number of urea groups is 1. The highest BCUT2D eigenvalue weighted by Gasteiger charge is 2.32. The molecule has 0 aromatic rings. The van der Waals surface area contributed by atoms with Gasteiger partial charge in [0.25, 0.3) is 0 Å². The first-order valence-corrected chi connectivity index (χ1v) is 5.53. The van der Waals surface area contributed by atoms with Crippen LogP contribution < -0.4 is 10.6 Å². The summed E-state index contributed by atoms with van der Waals surface area (Å²) in [5, 5.41) is 13.7. The fourth-order valence-electron chi connectivity index (χ4n) is 1.14. The number of hydrogen-bond donors (Lipinski definition) is 3. The third kappa shape index (κ3) is 5.51. The molecule has 0 aromatic heterocycles. The van der Waals surface area contributed by atoms with Crippen molar-refractivity contribution >= 4 is 17.9 Å². The Morgan fingerprint density at radius 1 is 1.22 bits per heavy atom. The van der Waals surface area contributed by atoms with Gasteiger partial charge in [0.1, 0.15) is 6.04 Å². The summed E-state index contributed by atoms with van der Waals surface area (Å²) in [6, 6.07) is -1.69. The maximum absolute atomic E-state index is 11.5. The van der Waals surface area contributed by atoms with Gasteiger partial charge < -0.3 is 20.6 Å². The number of nitrogens with zero attached hydrogens (tertiary/aromatic N) is 1. The number of carboxylic acids is 1. The monoisotopic (exact) mass is 259 g/mol. The minimum atomic E-state index is -1.11. The van der Waals surface area contributed by atoms with Crippen molar-refractivity contribution in [2.75, 3.05) is 20.6 Å². The molecule has 18 heavy (non-hydrogen) atoms. The highest BCUT2D eigenvalue weighted by molar-refractivity contribution is 5.86. The summed E-state index contributed by atoms with van der Waals surface area (Å²) in [6.07, 6.45) is 0. The van der Waals surface area contributed by atoms with Crippen molar-refractivity contribution in [3.63, 3.8) is 0 Å². The Kier molecular flexibility index (Phi) is 5.61. The number of nitrogens with one attached hydrogen (secondary N) is 2. The van der Waals surface area contributed by atoms with E-state index in [1.807, 2.05) is 0 Å². The standard InChI is InChI=1S/C11H21N3O4/c1-11(2,3)8(9(16)17)13-10(18)12-6-7(15)14(4)5/h8H,6H2,1-5H3,(H,16,17)(H2,12,13,18)/t8-/m0/s1. The molecule has 0 radical (unpaired) electrons. The molecule has 3 N–H and O–H groups in total. The fraction of sp³-hybridized carbons (Fsp3) is 0.727. The fourth-order valence-corrected chi connectivity index (χ4v) is 1.14. The summed E-state index contributed by atoms with van der Waals surface area (Å²) in [4.78, 5) is 35.0. The van der Waals surface area contributed by atoms with Crippen molar-refractivity contribution in [2.45, 2.75) is 26.8 Å². The number of carboxylic acid groups (broad SMARTS) is 1. The summed E-state index contributed by atoms with van der Waals surface area (Å²) in [5.41, 5.74) is -0.616. The van der Waals surface area contributed by atoms with E-state index in [1.54, 1.807) is 34.9 Å². The first kappa shape index (κ1) is 16.2. The molecule has 0 aliphatic heterocycles. The largest absolute Gasteiger partial charge is 0.480 e. The molecule has 0 rings (SSSR count). The molecule has 0 bridgehead atoms. The highest BCUT2D eigenvalue weighted by Crippen LogP contribution is 2.19. The molecule has 0 saturated carbocycles. The first-order chi connectivity index (χ1) is 8.05. The molecular formula is C11H21N3O4. The molecule has 0 aliphatic rings. The van der Waals surface area contributed by atoms with E-state index in [1.165, 1.54) is 4.90 Å². The topological polar surface area (TPSA) is 98.7 Å². The van der Waals surface area contributed by atoms with Gasteiger partial charge in [0, 0.05) is 14.1 Å². The van der Waals surface area contributed by atoms with Crippen LogP contribution in [0, 0.1) is 5.41 Å². The number of rotatable bonds is 4. The molecule has 7 heteroatoms. The van der Waals surface area contributed by atoms with E-state index in [2.05, 4.69) is 10.6 Å². The van der Waals surface area contributed by atoms with Crippen LogP contribution in [0.3, 0.4) is 0 Å². The maximum Gasteiger partial charge on any atom is 0.326 e. The average Bonchev–Trinajstić information content (AvgIpc) is 2.20. The van der Waals surface area contributed by atoms with Crippen LogP contribution in [0.25, 0.3) is 0 Å². The number of aliphatic carboxylic acids is 1. The molecule has 1 atom stereocenters. The second-order valence-corrected chi connectivity index (χ2v) is 5.25. The summed E-state index contributed by atoms with van der Waals surface area (Å²) in [7, 11) is 3.13. The van der Waals surface area contributed by atoms with E-state index in [-0.39, 0.29) is 12.5 Å². The second-order valence-electron chi connectivity index (χ2n) is 5.25. The number of amides is 3. The van der Waals surface area contributed by atoms with Gasteiger partial charge in [-0.15, -0.1) is 0 Å². The molecule has 0 fully saturated rings. The number of hydrogen-bond acceptors (Lipinski definition) is 3. The quantitative estimate of drug-likeness (QED) is 0.655. The smallest absolute Gasteiger partial charge is 0.326 e. The van der Waals surface area contributed by atoms with Crippen molar-refractivity contribution in [3.8, 4) is 0 Å². The van der Waals surface area contributed by atoms with E-state index >= 15 is 0 Å². The Morgan fingerprint density at radius 3 is 2.06 bits per heavy atom. The zero-order valence-corrected chi connectivity index (χ0v) is 11.4. The van der Waals surface area contributed by atoms with Gasteiger partial charge >= 0.3 is 12.0 Å². The van der Waals surface area contributed by atoms with Crippen LogP contribution >= 0.6 is 0 Å². The molecular weight excluding hydrogens is 238 g/mol. The molecule has 0 spiro atoms. The highest BCUT2D eigenvalue weighted by atomic mass is 16.4. The van der Waals surface area contributed by atoms with Gasteiger partial charge in [-0.05, 0) is 5.41 Å². The maximum atomic E-state index is 11.5. The Morgan fingerprint density at radius 2 is 1.72 bits per heavy atom. The lowest BCUT2D eigenvalue weighted by Crippen LogP contribution is -2.53. The van der Waals surface area contributed by atoms with Gasteiger partial charge in [0.2, 0.25) is 5.91 Å². The second kappa shape index (κ2) is 6.23. The molecule has 0 heterocycles. The third-order valence-electron chi connectivity index (χ3n) is 2.29. The third-order valence-corrected chi connectivity index (χ3v) is 2.29. The van der Waals surface area contributed by atoms with E-state index in [0.717, 1.165) is 0 Å². The number of carbonyl (C=O) groups excluding carboxylic acids is 2. The van der Waals surface area contributed by atoms with Gasteiger partial charge in [-0.25, -0.2) is 9.59 Å². The van der Waals surface area contributed by atoms with E-state index in [0.29, 0.717) is 0 Å². The molecule has 0 aliphatic carbocycles. The van der Waals surface area contributed by atoms with Crippen LogP contribution in [0.5, 0.6) is 0 Å². The van der Waals surface area contributed by atoms with E-state index < -0.39 is 23.5 Å². The van der Waals surface area contributed by atoms with Gasteiger partial charge in [-0.3, -0.25) is 4.79 Å². The predicted molar refractivity (Wildman–Crippen MR) is 66.1 cm³/mol. The Bertz CT molecular complexity index is 334. The predicted octanol–water partition coefficient (Wildman–Crippen LogP) is -0.127. The molecule has 0 aromatic carbocycles. The summed E-state index contributed by atoms with van der Waals surface area (Å²) in [5.74, 6) is -1.38.